The Bertz CT molecular complexity index is 741. The minimum absolute atomic E-state index is 0.0446. The van der Waals surface area contributed by atoms with Crippen LogP contribution in [0.25, 0.3) is 0 Å². The first-order valence-corrected chi connectivity index (χ1v) is 10.4. The fourth-order valence-corrected chi connectivity index (χ4v) is 4.13. The summed E-state index contributed by atoms with van der Waals surface area (Å²) in [5.74, 6) is 0. The van der Waals surface area contributed by atoms with Crippen LogP contribution in [0.5, 0.6) is 0 Å². The SMILES string of the molecule is CC(C)(C)Sc1ccc([C@H]2CCCCN2C(=O)OCc2ccccc2)cn1. The number of thioether (sulfide) groups is 1. The smallest absolute Gasteiger partial charge is 0.410 e. The second-order valence-corrected chi connectivity index (χ2v) is 9.74. The summed E-state index contributed by atoms with van der Waals surface area (Å²) < 4.78 is 5.70. The number of piperidine rings is 1. The Kier molecular flexibility index (Phi) is 6.42. The summed E-state index contributed by atoms with van der Waals surface area (Å²) in [5, 5.41) is 1.01. The summed E-state index contributed by atoms with van der Waals surface area (Å²) in [4.78, 5) is 19.2. The average molecular weight is 385 g/mol. The molecule has 1 saturated heterocycles. The first kappa shape index (κ1) is 19.7. The van der Waals surface area contributed by atoms with Crippen LogP contribution in [0.3, 0.4) is 0 Å². The van der Waals surface area contributed by atoms with Gasteiger partial charge in [-0.15, -0.1) is 11.8 Å². The Morgan fingerprint density at radius 2 is 1.96 bits per heavy atom. The highest BCUT2D eigenvalue weighted by Crippen LogP contribution is 2.34. The van der Waals surface area contributed by atoms with Crippen molar-refractivity contribution >= 4 is 17.9 Å². The minimum Gasteiger partial charge on any atom is -0.445 e. The number of hydrogen-bond acceptors (Lipinski definition) is 4. The lowest BCUT2D eigenvalue weighted by atomic mass is 9.97. The second-order valence-electron chi connectivity index (χ2n) is 7.89. The van der Waals surface area contributed by atoms with Gasteiger partial charge >= 0.3 is 6.09 Å². The van der Waals surface area contributed by atoms with Crippen molar-refractivity contribution in [2.24, 2.45) is 0 Å². The Morgan fingerprint density at radius 1 is 1.19 bits per heavy atom. The maximum Gasteiger partial charge on any atom is 0.410 e. The molecule has 4 nitrogen and oxygen atoms in total. The first-order valence-electron chi connectivity index (χ1n) is 9.55. The largest absolute Gasteiger partial charge is 0.445 e. The monoisotopic (exact) mass is 384 g/mol. The molecule has 2 aromatic rings. The molecular formula is C22H28N2O2S. The predicted octanol–water partition coefficient (Wildman–Crippen LogP) is 5.84. The molecule has 5 heteroatoms. The minimum atomic E-state index is -0.239. The lowest BCUT2D eigenvalue weighted by molar-refractivity contribution is 0.0678. The quantitative estimate of drug-likeness (QED) is 0.621. The van der Waals surface area contributed by atoms with E-state index in [2.05, 4.69) is 37.9 Å². The molecule has 2 heterocycles. The van der Waals surface area contributed by atoms with Gasteiger partial charge in [0.15, 0.2) is 0 Å². The van der Waals surface area contributed by atoms with Gasteiger partial charge in [-0.3, -0.25) is 0 Å². The molecule has 0 unspecified atom stereocenters. The van der Waals surface area contributed by atoms with E-state index in [4.69, 9.17) is 4.74 Å². The number of hydrogen-bond donors (Lipinski definition) is 0. The van der Waals surface area contributed by atoms with Crippen molar-refractivity contribution < 1.29 is 9.53 Å². The van der Waals surface area contributed by atoms with Crippen LogP contribution in [-0.4, -0.2) is 27.3 Å². The zero-order chi connectivity index (χ0) is 19.3. The van der Waals surface area contributed by atoms with Gasteiger partial charge in [0.2, 0.25) is 0 Å². The zero-order valence-corrected chi connectivity index (χ0v) is 17.2. The third-order valence-corrected chi connectivity index (χ3v) is 5.56. The number of ether oxygens (including phenoxy) is 1. The number of carbonyl (C=O) groups is 1. The van der Waals surface area contributed by atoms with E-state index in [1.807, 2.05) is 41.4 Å². The molecule has 27 heavy (non-hydrogen) atoms. The van der Waals surface area contributed by atoms with Crippen LogP contribution in [0, 0.1) is 0 Å². The normalized spacial score (nSPS) is 17.6. The molecule has 1 amide bonds. The number of amides is 1. The molecule has 0 aliphatic carbocycles. The maximum atomic E-state index is 12.7. The predicted molar refractivity (Wildman–Crippen MR) is 110 cm³/mol. The van der Waals surface area contributed by atoms with Gasteiger partial charge in [0.1, 0.15) is 6.61 Å². The van der Waals surface area contributed by atoms with Crippen LogP contribution in [0.1, 0.15) is 57.2 Å². The van der Waals surface area contributed by atoms with Crippen molar-refractivity contribution in [2.45, 2.75) is 62.5 Å². The van der Waals surface area contributed by atoms with Gasteiger partial charge < -0.3 is 9.64 Å². The van der Waals surface area contributed by atoms with Crippen LogP contribution >= 0.6 is 11.8 Å². The fraction of sp³-hybridized carbons (Fsp3) is 0.455. The van der Waals surface area contributed by atoms with Gasteiger partial charge in [0.25, 0.3) is 0 Å². The van der Waals surface area contributed by atoms with Crippen LogP contribution in [-0.2, 0) is 11.3 Å². The van der Waals surface area contributed by atoms with E-state index in [1.54, 1.807) is 11.8 Å². The Labute approximate surface area is 166 Å². The number of nitrogens with zero attached hydrogens (tertiary/aromatic N) is 2. The molecule has 3 rings (SSSR count). The van der Waals surface area contributed by atoms with Crippen molar-refractivity contribution in [3.63, 3.8) is 0 Å². The molecular weight excluding hydrogens is 356 g/mol. The van der Waals surface area contributed by atoms with Crippen LogP contribution in [0.4, 0.5) is 4.79 Å². The van der Waals surface area contributed by atoms with Gasteiger partial charge in [-0.25, -0.2) is 9.78 Å². The lowest BCUT2D eigenvalue weighted by Crippen LogP contribution is -2.38. The zero-order valence-electron chi connectivity index (χ0n) is 16.4. The van der Waals surface area contributed by atoms with E-state index in [-0.39, 0.29) is 16.9 Å². The summed E-state index contributed by atoms with van der Waals surface area (Å²) >= 11 is 1.75. The van der Waals surface area contributed by atoms with Gasteiger partial charge in [-0.2, -0.15) is 0 Å². The van der Waals surface area contributed by atoms with E-state index in [0.29, 0.717) is 6.61 Å². The summed E-state index contributed by atoms with van der Waals surface area (Å²) in [6.45, 7) is 7.58. The molecule has 0 N–H and O–H groups in total. The van der Waals surface area contributed by atoms with Crippen molar-refractivity contribution in [3.8, 4) is 0 Å². The molecule has 1 aromatic heterocycles. The van der Waals surface area contributed by atoms with E-state index >= 15 is 0 Å². The number of rotatable bonds is 4. The summed E-state index contributed by atoms with van der Waals surface area (Å²) in [6.07, 6.45) is 4.76. The Hall–Kier alpha value is -2.01. The number of benzene rings is 1. The van der Waals surface area contributed by atoms with Crippen LogP contribution < -0.4 is 0 Å². The first-order chi connectivity index (χ1) is 12.9. The molecule has 0 bridgehead atoms. The van der Waals surface area contributed by atoms with Crippen molar-refractivity contribution in [1.82, 2.24) is 9.88 Å². The van der Waals surface area contributed by atoms with Gasteiger partial charge in [0, 0.05) is 17.5 Å². The molecule has 144 valence electrons. The topological polar surface area (TPSA) is 42.4 Å². The van der Waals surface area contributed by atoms with Crippen LogP contribution in [0.15, 0.2) is 53.7 Å². The second kappa shape index (κ2) is 8.79. The Balaban J connectivity index is 1.66. The summed E-state index contributed by atoms with van der Waals surface area (Å²) in [7, 11) is 0. The standard InChI is InChI=1S/C22H28N2O2S/c1-22(2,3)27-20-13-12-18(15-23-20)19-11-7-8-14-24(19)21(25)26-16-17-9-5-4-6-10-17/h4-6,9-10,12-13,15,19H,7-8,11,14,16H2,1-3H3/t19-/m1/s1. The molecule has 0 spiro atoms. The molecule has 1 aromatic carbocycles. The van der Waals surface area contributed by atoms with Crippen molar-refractivity contribution in [2.75, 3.05) is 6.54 Å². The third-order valence-electron chi connectivity index (χ3n) is 4.50. The Morgan fingerprint density at radius 3 is 2.63 bits per heavy atom. The molecule has 0 radical (unpaired) electrons. The fourth-order valence-electron chi connectivity index (χ4n) is 3.26. The highest BCUT2D eigenvalue weighted by atomic mass is 32.2. The molecule has 0 saturated carbocycles. The van der Waals surface area contributed by atoms with Gasteiger partial charge in [0.05, 0.1) is 11.1 Å². The number of pyridine rings is 1. The van der Waals surface area contributed by atoms with Gasteiger partial charge in [-0.1, -0.05) is 57.2 Å². The van der Waals surface area contributed by atoms with E-state index < -0.39 is 0 Å². The third kappa shape index (κ3) is 5.73. The lowest BCUT2D eigenvalue weighted by Gasteiger charge is -2.35. The highest BCUT2D eigenvalue weighted by molar-refractivity contribution is 8.00. The van der Waals surface area contributed by atoms with Crippen molar-refractivity contribution in [1.29, 1.82) is 0 Å². The van der Waals surface area contributed by atoms with E-state index in [1.165, 1.54) is 0 Å². The maximum absolute atomic E-state index is 12.7. The molecule has 1 aliphatic heterocycles. The molecule has 1 aliphatic rings. The average Bonchev–Trinajstić information content (AvgIpc) is 2.66. The molecule has 1 fully saturated rings. The number of aromatic nitrogens is 1. The summed E-state index contributed by atoms with van der Waals surface area (Å²) in [5.41, 5.74) is 2.09. The van der Waals surface area contributed by atoms with Crippen LogP contribution in [0.2, 0.25) is 0 Å². The van der Waals surface area contributed by atoms with E-state index in [9.17, 15) is 4.79 Å². The number of carbonyl (C=O) groups excluding carboxylic acids is 1. The highest BCUT2D eigenvalue weighted by Gasteiger charge is 2.29. The summed E-state index contributed by atoms with van der Waals surface area (Å²) in [6, 6.07) is 14.0. The molecule has 1 atom stereocenters. The number of likely N-dealkylation sites (tertiary alicyclic amines) is 1. The van der Waals surface area contributed by atoms with Crippen molar-refractivity contribution in [3.05, 3.63) is 59.8 Å². The van der Waals surface area contributed by atoms with Gasteiger partial charge in [-0.05, 0) is 36.5 Å². The van der Waals surface area contributed by atoms with E-state index in [0.717, 1.165) is 42.0 Å².